The first-order chi connectivity index (χ1) is 13.1. The van der Waals surface area contributed by atoms with Crippen LogP contribution in [0.1, 0.15) is 38.3 Å². The van der Waals surface area contributed by atoms with Crippen molar-refractivity contribution in [3.63, 3.8) is 0 Å². The summed E-state index contributed by atoms with van der Waals surface area (Å²) in [5, 5.41) is 2.02. The molecule has 138 valence electrons. The van der Waals surface area contributed by atoms with Crippen LogP contribution in [0.4, 0.5) is 5.69 Å². The summed E-state index contributed by atoms with van der Waals surface area (Å²) in [5.74, 6) is 0.976. The van der Waals surface area contributed by atoms with Gasteiger partial charge >= 0.3 is 0 Å². The molecule has 0 saturated heterocycles. The predicted octanol–water partition coefficient (Wildman–Crippen LogP) is 5.54. The summed E-state index contributed by atoms with van der Waals surface area (Å²) in [4.78, 5) is 15.8. The summed E-state index contributed by atoms with van der Waals surface area (Å²) in [7, 11) is 0. The van der Waals surface area contributed by atoms with Gasteiger partial charge in [-0.05, 0) is 61.4 Å². The molecule has 0 radical (unpaired) electrons. The number of hydrogen-bond acceptors (Lipinski definition) is 3. The Morgan fingerprint density at radius 2 is 2.00 bits per heavy atom. The molecule has 4 heteroatoms. The van der Waals surface area contributed by atoms with Crippen LogP contribution in [0.15, 0.2) is 53.9 Å². The Balaban J connectivity index is 1.49. The van der Waals surface area contributed by atoms with E-state index >= 15 is 0 Å². The summed E-state index contributed by atoms with van der Waals surface area (Å²) < 4.78 is 5.91. The van der Waals surface area contributed by atoms with E-state index in [1.807, 2.05) is 47.5 Å². The molecule has 4 rings (SSSR count). The molecule has 2 aromatic carbocycles. The Labute approximate surface area is 164 Å². The Bertz CT molecular complexity index is 976. The van der Waals surface area contributed by atoms with Gasteiger partial charge in [-0.1, -0.05) is 35.9 Å². The molecule has 0 aliphatic carbocycles. The molecule has 0 N–H and O–H groups in total. The first kappa shape index (κ1) is 17.8. The average molecular weight is 378 g/mol. The van der Waals surface area contributed by atoms with Gasteiger partial charge in [-0.15, -0.1) is 11.3 Å². The summed E-state index contributed by atoms with van der Waals surface area (Å²) >= 11 is 1.50. The van der Waals surface area contributed by atoms with Gasteiger partial charge in [0.1, 0.15) is 12.4 Å². The van der Waals surface area contributed by atoms with Gasteiger partial charge in [0, 0.05) is 17.8 Å². The van der Waals surface area contributed by atoms with Crippen molar-refractivity contribution >= 4 is 22.9 Å². The number of thiophene rings is 1. The molecule has 1 aromatic heterocycles. The van der Waals surface area contributed by atoms with E-state index in [1.165, 1.54) is 22.5 Å². The second-order valence-electron chi connectivity index (χ2n) is 7.07. The molecule has 1 amide bonds. The topological polar surface area (TPSA) is 29.5 Å². The number of aryl methyl sites for hydroxylation is 3. The smallest absolute Gasteiger partial charge is 0.268 e. The fraction of sp³-hybridized carbons (Fsp3) is 0.261. The maximum atomic E-state index is 13.1. The molecule has 3 aromatic rings. The van der Waals surface area contributed by atoms with Crippen molar-refractivity contribution in [3.05, 3.63) is 81.0 Å². The Hall–Kier alpha value is -2.59. The van der Waals surface area contributed by atoms with E-state index in [1.54, 1.807) is 0 Å². The van der Waals surface area contributed by atoms with E-state index in [-0.39, 0.29) is 5.91 Å². The number of hydrogen-bond donors (Lipinski definition) is 0. The Kier molecular flexibility index (Phi) is 4.99. The number of anilines is 1. The van der Waals surface area contributed by atoms with E-state index in [2.05, 4.69) is 25.1 Å². The van der Waals surface area contributed by atoms with Crippen LogP contribution in [-0.4, -0.2) is 12.5 Å². The number of para-hydroxylation sites is 1. The van der Waals surface area contributed by atoms with Gasteiger partial charge in [-0.3, -0.25) is 4.79 Å². The predicted molar refractivity (Wildman–Crippen MR) is 111 cm³/mol. The molecular formula is C23H23NO2S. The Morgan fingerprint density at radius 3 is 2.85 bits per heavy atom. The minimum atomic E-state index is 0.0898. The number of benzene rings is 2. The molecule has 0 unspecified atom stereocenters. The Morgan fingerprint density at radius 1 is 1.15 bits per heavy atom. The zero-order valence-corrected chi connectivity index (χ0v) is 16.5. The third kappa shape index (κ3) is 3.76. The molecule has 0 spiro atoms. The minimum Gasteiger partial charge on any atom is -0.489 e. The van der Waals surface area contributed by atoms with Gasteiger partial charge in [0.05, 0.1) is 4.88 Å². The molecular weight excluding hydrogens is 354 g/mol. The van der Waals surface area contributed by atoms with Gasteiger partial charge in [0.15, 0.2) is 0 Å². The summed E-state index contributed by atoms with van der Waals surface area (Å²) in [6, 6.07) is 16.3. The standard InChI is InChI=1S/C23H23NO2S/c1-16-9-10-20-19(12-16)7-5-11-24(20)23(25)22-13-18(15-27-22)14-26-21-8-4-3-6-17(21)2/h3-4,6,8-10,12-13,15H,5,7,11,14H2,1-2H3. The van der Waals surface area contributed by atoms with E-state index in [9.17, 15) is 4.79 Å². The van der Waals surface area contributed by atoms with Gasteiger partial charge in [0.25, 0.3) is 5.91 Å². The van der Waals surface area contributed by atoms with Gasteiger partial charge in [-0.25, -0.2) is 0 Å². The van der Waals surface area contributed by atoms with Crippen LogP contribution in [0.25, 0.3) is 0 Å². The van der Waals surface area contributed by atoms with Gasteiger partial charge in [0.2, 0.25) is 0 Å². The van der Waals surface area contributed by atoms with Crippen LogP contribution < -0.4 is 9.64 Å². The van der Waals surface area contributed by atoms with Crippen molar-refractivity contribution in [2.75, 3.05) is 11.4 Å². The summed E-state index contributed by atoms with van der Waals surface area (Å²) in [6.07, 6.45) is 2.05. The van der Waals surface area contributed by atoms with Crippen molar-refractivity contribution in [3.8, 4) is 5.75 Å². The molecule has 1 aliphatic heterocycles. The van der Waals surface area contributed by atoms with Crippen LogP contribution >= 0.6 is 11.3 Å². The highest BCUT2D eigenvalue weighted by atomic mass is 32.1. The maximum absolute atomic E-state index is 13.1. The fourth-order valence-corrected chi connectivity index (χ4v) is 4.36. The highest BCUT2D eigenvalue weighted by Gasteiger charge is 2.24. The number of amides is 1. The van der Waals surface area contributed by atoms with Crippen LogP contribution in [0.3, 0.4) is 0 Å². The highest BCUT2D eigenvalue weighted by Crippen LogP contribution is 2.30. The molecule has 0 atom stereocenters. The highest BCUT2D eigenvalue weighted by molar-refractivity contribution is 7.12. The largest absolute Gasteiger partial charge is 0.489 e. The van der Waals surface area contributed by atoms with Crippen LogP contribution in [0.5, 0.6) is 5.75 Å². The maximum Gasteiger partial charge on any atom is 0.268 e. The van der Waals surface area contributed by atoms with Crippen molar-refractivity contribution in [2.24, 2.45) is 0 Å². The average Bonchev–Trinajstić information content (AvgIpc) is 3.15. The number of fused-ring (bicyclic) bond motifs is 1. The fourth-order valence-electron chi connectivity index (χ4n) is 3.51. The molecule has 0 fully saturated rings. The van der Waals surface area contributed by atoms with Crippen LogP contribution in [0, 0.1) is 13.8 Å². The van der Waals surface area contributed by atoms with E-state index < -0.39 is 0 Å². The molecule has 3 nitrogen and oxygen atoms in total. The molecule has 1 aliphatic rings. The monoisotopic (exact) mass is 377 g/mol. The number of carbonyl (C=O) groups excluding carboxylic acids is 1. The zero-order chi connectivity index (χ0) is 18.8. The number of rotatable bonds is 4. The van der Waals surface area contributed by atoms with E-state index in [0.717, 1.165) is 46.8 Å². The number of ether oxygens (including phenoxy) is 1. The number of nitrogens with zero attached hydrogens (tertiary/aromatic N) is 1. The van der Waals surface area contributed by atoms with Crippen LogP contribution in [-0.2, 0) is 13.0 Å². The van der Waals surface area contributed by atoms with Crippen molar-refractivity contribution in [1.82, 2.24) is 0 Å². The first-order valence-corrected chi connectivity index (χ1v) is 10.2. The minimum absolute atomic E-state index is 0.0898. The zero-order valence-electron chi connectivity index (χ0n) is 15.7. The van der Waals surface area contributed by atoms with Gasteiger partial charge < -0.3 is 9.64 Å². The second kappa shape index (κ2) is 7.57. The molecule has 0 bridgehead atoms. The lowest BCUT2D eigenvalue weighted by Crippen LogP contribution is -2.35. The van der Waals surface area contributed by atoms with Crippen molar-refractivity contribution in [2.45, 2.75) is 33.3 Å². The molecule has 2 heterocycles. The lowest BCUT2D eigenvalue weighted by Gasteiger charge is -2.29. The van der Waals surface area contributed by atoms with Crippen LogP contribution in [0.2, 0.25) is 0 Å². The lowest BCUT2D eigenvalue weighted by molar-refractivity contribution is 0.0989. The van der Waals surface area contributed by atoms with Crippen molar-refractivity contribution in [1.29, 1.82) is 0 Å². The van der Waals surface area contributed by atoms with E-state index in [4.69, 9.17) is 4.74 Å². The molecule has 27 heavy (non-hydrogen) atoms. The van der Waals surface area contributed by atoms with Gasteiger partial charge in [-0.2, -0.15) is 0 Å². The normalized spacial score (nSPS) is 13.3. The lowest BCUT2D eigenvalue weighted by atomic mass is 9.99. The first-order valence-electron chi connectivity index (χ1n) is 9.29. The summed E-state index contributed by atoms with van der Waals surface area (Å²) in [6.45, 7) is 5.39. The van der Waals surface area contributed by atoms with Crippen molar-refractivity contribution < 1.29 is 9.53 Å². The second-order valence-corrected chi connectivity index (χ2v) is 7.98. The quantitative estimate of drug-likeness (QED) is 0.598. The SMILES string of the molecule is Cc1ccc2c(c1)CCCN2C(=O)c1cc(COc2ccccc2C)cs1. The summed E-state index contributed by atoms with van der Waals surface area (Å²) in [5.41, 5.74) is 5.73. The molecule has 0 saturated carbocycles. The third-order valence-electron chi connectivity index (χ3n) is 4.95. The van der Waals surface area contributed by atoms with E-state index in [0.29, 0.717) is 6.61 Å². The number of carbonyl (C=O) groups is 1. The third-order valence-corrected chi connectivity index (χ3v) is 5.92.